The van der Waals surface area contributed by atoms with Gasteiger partial charge in [0.2, 0.25) is 5.88 Å². The Morgan fingerprint density at radius 1 is 1.17 bits per heavy atom. The van der Waals surface area contributed by atoms with Crippen LogP contribution in [0, 0.1) is 11.2 Å². The highest BCUT2D eigenvalue weighted by molar-refractivity contribution is 6.31. The lowest BCUT2D eigenvalue weighted by Crippen LogP contribution is -2.52. The van der Waals surface area contributed by atoms with Crippen LogP contribution in [0.5, 0.6) is 5.88 Å². The van der Waals surface area contributed by atoms with Gasteiger partial charge < -0.3 is 20.5 Å². The summed E-state index contributed by atoms with van der Waals surface area (Å²) in [6.45, 7) is 6.83. The van der Waals surface area contributed by atoms with Crippen LogP contribution in [0.4, 0.5) is 4.39 Å². The molecule has 2 aromatic carbocycles. The third kappa shape index (κ3) is 7.26. The van der Waals surface area contributed by atoms with E-state index in [2.05, 4.69) is 37.5 Å². The van der Waals surface area contributed by atoms with Crippen molar-refractivity contribution in [3.8, 4) is 5.88 Å². The number of hydrogen-bond acceptors (Lipinski definition) is 5. The minimum absolute atomic E-state index is 0.0560. The van der Waals surface area contributed by atoms with Gasteiger partial charge in [-0.25, -0.2) is 9.37 Å². The molecule has 0 unspecified atom stereocenters. The Balaban J connectivity index is 1.35. The van der Waals surface area contributed by atoms with Crippen molar-refractivity contribution < 1.29 is 19.0 Å². The largest absolute Gasteiger partial charge is 0.471 e. The molecule has 0 radical (unpaired) electrons. The molecular weight excluding hydrogens is 541 g/mol. The van der Waals surface area contributed by atoms with Gasteiger partial charge in [0.05, 0.1) is 17.7 Å². The monoisotopic (exact) mass is 579 g/mol. The van der Waals surface area contributed by atoms with Crippen LogP contribution in [0.15, 0.2) is 60.8 Å². The number of amides is 1. The van der Waals surface area contributed by atoms with Gasteiger partial charge in [0.1, 0.15) is 11.4 Å². The molecule has 2 heterocycles. The van der Waals surface area contributed by atoms with E-state index >= 15 is 0 Å². The maximum absolute atomic E-state index is 14.5. The van der Waals surface area contributed by atoms with E-state index in [0.29, 0.717) is 12.3 Å². The number of nitrogens with zero attached hydrogens (tertiary/aromatic N) is 1. The summed E-state index contributed by atoms with van der Waals surface area (Å²) in [5.74, 6) is -0.627. The molecule has 3 N–H and O–H groups in total. The van der Waals surface area contributed by atoms with Crippen molar-refractivity contribution in [2.24, 2.45) is 5.41 Å². The molecule has 1 spiro atoms. The summed E-state index contributed by atoms with van der Waals surface area (Å²) >= 11 is 6.03. The first kappa shape index (κ1) is 29.5. The number of aliphatic hydroxyl groups excluding tert-OH is 1. The van der Waals surface area contributed by atoms with E-state index in [-0.39, 0.29) is 34.2 Å². The number of carbonyl (C=O) groups is 1. The first-order valence-electron chi connectivity index (χ1n) is 14.4. The van der Waals surface area contributed by atoms with Crippen molar-refractivity contribution in [2.45, 2.75) is 83.1 Å². The Morgan fingerprint density at radius 2 is 1.93 bits per heavy atom. The van der Waals surface area contributed by atoms with Crippen LogP contribution in [0.25, 0.3) is 0 Å². The van der Waals surface area contributed by atoms with Gasteiger partial charge in [0.25, 0.3) is 5.91 Å². The molecule has 2 aliphatic rings. The fraction of sp³-hybridized carbons (Fsp3) is 0.455. The fourth-order valence-electron chi connectivity index (χ4n) is 5.82. The molecule has 8 heteroatoms. The fourth-order valence-corrected chi connectivity index (χ4v) is 5.99. The maximum atomic E-state index is 14.5. The molecule has 1 aliphatic heterocycles. The molecule has 3 aromatic rings. The molecule has 1 saturated carbocycles. The van der Waals surface area contributed by atoms with E-state index in [9.17, 15) is 14.3 Å². The number of halogens is 2. The third-order valence-electron chi connectivity index (χ3n) is 8.03. The van der Waals surface area contributed by atoms with Gasteiger partial charge in [0, 0.05) is 35.8 Å². The molecule has 0 bridgehead atoms. The summed E-state index contributed by atoms with van der Waals surface area (Å²) in [5.41, 5.74) is 2.83. The van der Waals surface area contributed by atoms with Gasteiger partial charge in [-0.15, -0.1) is 0 Å². The molecular formula is C33H39ClFN3O3. The van der Waals surface area contributed by atoms with Crippen molar-refractivity contribution in [1.29, 1.82) is 0 Å². The van der Waals surface area contributed by atoms with Crippen LogP contribution in [-0.4, -0.2) is 40.3 Å². The van der Waals surface area contributed by atoms with E-state index in [4.69, 9.17) is 21.3 Å². The predicted molar refractivity (Wildman–Crippen MR) is 159 cm³/mol. The number of ether oxygens (including phenoxy) is 1. The minimum atomic E-state index is -0.948. The summed E-state index contributed by atoms with van der Waals surface area (Å²) in [5, 5.41) is 18.1. The number of carbonyl (C=O) groups excluding carboxylic acids is 1. The normalized spacial score (nSPS) is 19.0. The molecule has 41 heavy (non-hydrogen) atoms. The van der Waals surface area contributed by atoms with Crippen LogP contribution >= 0.6 is 11.6 Å². The topological polar surface area (TPSA) is 83.5 Å². The van der Waals surface area contributed by atoms with Crippen molar-refractivity contribution in [2.75, 3.05) is 6.54 Å². The Kier molecular flexibility index (Phi) is 8.69. The van der Waals surface area contributed by atoms with Crippen LogP contribution in [0.2, 0.25) is 5.02 Å². The number of aromatic nitrogens is 1. The molecule has 6 nitrogen and oxygen atoms in total. The van der Waals surface area contributed by atoms with Crippen LogP contribution in [0.1, 0.15) is 79.5 Å². The lowest BCUT2D eigenvalue weighted by Gasteiger charge is -2.47. The summed E-state index contributed by atoms with van der Waals surface area (Å²) in [6.07, 6.45) is 6.11. The van der Waals surface area contributed by atoms with Crippen molar-refractivity contribution in [1.82, 2.24) is 15.6 Å². The van der Waals surface area contributed by atoms with E-state index in [1.807, 2.05) is 36.5 Å². The highest BCUT2D eigenvalue weighted by Crippen LogP contribution is 2.48. The molecule has 1 amide bonds. The lowest BCUT2D eigenvalue weighted by atomic mass is 9.73. The van der Waals surface area contributed by atoms with Gasteiger partial charge in [0.15, 0.2) is 0 Å². The Hall–Kier alpha value is -3.00. The Labute approximate surface area is 246 Å². The van der Waals surface area contributed by atoms with E-state index in [0.717, 1.165) is 48.8 Å². The molecule has 1 fully saturated rings. The highest BCUT2D eigenvalue weighted by atomic mass is 35.5. The number of nitrogens with one attached hydrogen (secondary N) is 2. The molecule has 218 valence electrons. The highest BCUT2D eigenvalue weighted by Gasteiger charge is 2.46. The number of aliphatic hydroxyl groups is 1. The van der Waals surface area contributed by atoms with Gasteiger partial charge in [-0.3, -0.25) is 4.79 Å². The number of hydrogen-bond donors (Lipinski definition) is 3. The lowest BCUT2D eigenvalue weighted by molar-refractivity contribution is -0.0421. The number of benzene rings is 2. The third-order valence-corrected chi connectivity index (χ3v) is 8.26. The van der Waals surface area contributed by atoms with Crippen molar-refractivity contribution in [3.63, 3.8) is 0 Å². The van der Waals surface area contributed by atoms with Gasteiger partial charge in [-0.2, -0.15) is 0 Å². The first-order chi connectivity index (χ1) is 19.5. The van der Waals surface area contributed by atoms with Crippen LogP contribution in [0.3, 0.4) is 0 Å². The predicted octanol–water partition coefficient (Wildman–Crippen LogP) is 6.20. The molecule has 5 rings (SSSR count). The minimum Gasteiger partial charge on any atom is -0.471 e. The number of fused-ring (bicyclic) bond motifs is 1. The molecule has 3 atom stereocenters. The quantitative estimate of drug-likeness (QED) is 0.281. The first-order valence-corrected chi connectivity index (χ1v) is 14.8. The van der Waals surface area contributed by atoms with E-state index < -0.39 is 23.9 Å². The van der Waals surface area contributed by atoms with Gasteiger partial charge >= 0.3 is 0 Å². The zero-order valence-electron chi connectivity index (χ0n) is 23.9. The van der Waals surface area contributed by atoms with Gasteiger partial charge in [-0.05, 0) is 72.9 Å². The van der Waals surface area contributed by atoms with Gasteiger partial charge in [-0.1, -0.05) is 62.7 Å². The second kappa shape index (κ2) is 12.1. The summed E-state index contributed by atoms with van der Waals surface area (Å²) < 4.78 is 20.9. The number of rotatable bonds is 9. The number of pyridine rings is 1. The van der Waals surface area contributed by atoms with Crippen molar-refractivity contribution >= 4 is 17.5 Å². The second-order valence-corrected chi connectivity index (χ2v) is 13.2. The Morgan fingerprint density at radius 3 is 2.61 bits per heavy atom. The smallest absolute Gasteiger partial charge is 0.254 e. The maximum Gasteiger partial charge on any atom is 0.254 e. The zero-order chi connectivity index (χ0) is 29.2. The average molecular weight is 580 g/mol. The second-order valence-electron chi connectivity index (χ2n) is 12.7. The standard InChI is InChI=1S/C33H39ClFN3O3/c1-32(2,3)17-22-14-25-28(18-33(12-7-13-33)41-31(25)37-19-22)36-20-29(39)27(15-21-8-5-4-6-9-21)38-30(40)24-16-23(34)10-11-26(24)35/h4-6,8-11,14,16,19,27-29,36,39H,7,12-13,15,17-18,20H2,1-3H3,(H,38,40)/t27-,28-,29-/m0/s1. The van der Waals surface area contributed by atoms with E-state index in [1.54, 1.807) is 0 Å². The van der Waals surface area contributed by atoms with Crippen LogP contribution < -0.4 is 15.4 Å². The van der Waals surface area contributed by atoms with Crippen LogP contribution in [-0.2, 0) is 12.8 Å². The van der Waals surface area contributed by atoms with Crippen molar-refractivity contribution in [3.05, 3.63) is 93.9 Å². The summed E-state index contributed by atoms with van der Waals surface area (Å²) in [7, 11) is 0. The molecule has 0 saturated heterocycles. The summed E-state index contributed by atoms with van der Waals surface area (Å²) in [6, 6.07) is 14.9. The molecule has 1 aromatic heterocycles. The summed E-state index contributed by atoms with van der Waals surface area (Å²) in [4.78, 5) is 17.8. The molecule has 1 aliphatic carbocycles. The average Bonchev–Trinajstić information content (AvgIpc) is 2.91. The SMILES string of the molecule is CC(C)(C)Cc1cnc2c(c1)[C@@H](NC[C@H](O)[C@H](Cc1ccccc1)NC(=O)c1cc(Cl)ccc1F)CC1(CCC1)O2. The zero-order valence-corrected chi connectivity index (χ0v) is 24.7. The van der Waals surface area contributed by atoms with E-state index in [1.165, 1.54) is 18.2 Å². The Bertz CT molecular complexity index is 1370.